The molecule has 0 aliphatic rings. The van der Waals surface area contributed by atoms with Gasteiger partial charge in [-0.05, 0) is 43.7 Å². The molecule has 1 heterocycles. The van der Waals surface area contributed by atoms with Crippen LogP contribution in [0.3, 0.4) is 0 Å². The number of para-hydroxylation sites is 1. The standard InChI is InChI=1S/C21H21N3O3/c1-14-18(15(2)24(23-14)17-11-7-4-8-12-17)13-19(21(26)27)22-20(25)16-9-5-3-6-10-16/h3-12,19H,13H2,1-2H3,(H,22,25)(H,26,27). The van der Waals surface area contributed by atoms with Gasteiger partial charge in [0.05, 0.1) is 11.4 Å². The van der Waals surface area contributed by atoms with E-state index in [-0.39, 0.29) is 6.42 Å². The molecule has 2 aromatic carbocycles. The number of aromatic nitrogens is 2. The van der Waals surface area contributed by atoms with Gasteiger partial charge in [-0.15, -0.1) is 0 Å². The van der Waals surface area contributed by atoms with Crippen molar-refractivity contribution >= 4 is 11.9 Å². The van der Waals surface area contributed by atoms with E-state index in [1.165, 1.54) is 0 Å². The molecule has 0 aliphatic carbocycles. The first-order chi connectivity index (χ1) is 13.0. The van der Waals surface area contributed by atoms with E-state index in [0.29, 0.717) is 5.56 Å². The summed E-state index contributed by atoms with van der Waals surface area (Å²) in [5.41, 5.74) is 3.76. The minimum absolute atomic E-state index is 0.165. The number of hydrogen-bond donors (Lipinski definition) is 2. The minimum Gasteiger partial charge on any atom is -0.480 e. The van der Waals surface area contributed by atoms with Gasteiger partial charge in [0.15, 0.2) is 0 Å². The number of nitrogens with zero attached hydrogens (tertiary/aromatic N) is 2. The Morgan fingerprint density at radius 3 is 2.22 bits per heavy atom. The molecule has 0 spiro atoms. The Bertz CT molecular complexity index is 950. The molecular weight excluding hydrogens is 342 g/mol. The van der Waals surface area contributed by atoms with Crippen molar-refractivity contribution in [1.29, 1.82) is 0 Å². The van der Waals surface area contributed by atoms with Crippen molar-refractivity contribution < 1.29 is 14.7 Å². The number of aryl methyl sites for hydroxylation is 1. The van der Waals surface area contributed by atoms with Gasteiger partial charge in [-0.1, -0.05) is 36.4 Å². The molecular formula is C21H21N3O3. The molecule has 1 unspecified atom stereocenters. The van der Waals surface area contributed by atoms with Crippen molar-refractivity contribution in [2.45, 2.75) is 26.3 Å². The van der Waals surface area contributed by atoms with E-state index < -0.39 is 17.9 Å². The Kier molecular flexibility index (Phi) is 5.35. The van der Waals surface area contributed by atoms with Crippen LogP contribution < -0.4 is 5.32 Å². The lowest BCUT2D eigenvalue weighted by molar-refractivity contribution is -0.139. The zero-order valence-corrected chi connectivity index (χ0v) is 15.2. The summed E-state index contributed by atoms with van der Waals surface area (Å²) < 4.78 is 1.79. The third kappa shape index (κ3) is 4.06. The van der Waals surface area contributed by atoms with Crippen molar-refractivity contribution in [3.8, 4) is 5.69 Å². The molecule has 27 heavy (non-hydrogen) atoms. The topological polar surface area (TPSA) is 84.2 Å². The number of amides is 1. The number of benzene rings is 2. The van der Waals surface area contributed by atoms with Crippen LogP contribution in [0.25, 0.3) is 5.69 Å². The van der Waals surface area contributed by atoms with Crippen molar-refractivity contribution in [1.82, 2.24) is 15.1 Å². The fourth-order valence-electron chi connectivity index (χ4n) is 3.03. The SMILES string of the molecule is Cc1nn(-c2ccccc2)c(C)c1CC(NC(=O)c1ccccc1)C(=O)O. The quantitative estimate of drug-likeness (QED) is 0.705. The molecule has 1 aromatic heterocycles. The largest absolute Gasteiger partial charge is 0.480 e. The van der Waals surface area contributed by atoms with Crippen molar-refractivity contribution in [2.75, 3.05) is 0 Å². The highest BCUT2D eigenvalue weighted by Crippen LogP contribution is 2.19. The van der Waals surface area contributed by atoms with E-state index in [9.17, 15) is 14.7 Å². The lowest BCUT2D eigenvalue weighted by Crippen LogP contribution is -2.42. The summed E-state index contributed by atoms with van der Waals surface area (Å²) in [6, 6.07) is 17.2. The number of carboxylic acid groups (broad SMARTS) is 1. The number of hydrogen-bond acceptors (Lipinski definition) is 3. The third-order valence-electron chi connectivity index (χ3n) is 4.49. The van der Waals surface area contributed by atoms with Gasteiger partial charge >= 0.3 is 5.97 Å². The highest BCUT2D eigenvalue weighted by atomic mass is 16.4. The van der Waals surface area contributed by atoms with Gasteiger partial charge in [-0.3, -0.25) is 4.79 Å². The van der Waals surface area contributed by atoms with Gasteiger partial charge in [0, 0.05) is 17.7 Å². The molecule has 1 amide bonds. The maximum absolute atomic E-state index is 12.4. The minimum atomic E-state index is -1.08. The smallest absolute Gasteiger partial charge is 0.326 e. The van der Waals surface area contributed by atoms with E-state index >= 15 is 0 Å². The average molecular weight is 363 g/mol. The van der Waals surface area contributed by atoms with E-state index in [1.807, 2.05) is 44.2 Å². The van der Waals surface area contributed by atoms with Crippen LogP contribution in [0, 0.1) is 13.8 Å². The Hall–Kier alpha value is -3.41. The average Bonchev–Trinajstić information content (AvgIpc) is 2.96. The molecule has 6 nitrogen and oxygen atoms in total. The number of nitrogens with one attached hydrogen (secondary N) is 1. The molecule has 6 heteroatoms. The van der Waals surface area contributed by atoms with Crippen LogP contribution >= 0.6 is 0 Å². The van der Waals surface area contributed by atoms with Crippen LogP contribution in [0.15, 0.2) is 60.7 Å². The third-order valence-corrected chi connectivity index (χ3v) is 4.49. The van der Waals surface area contributed by atoms with Crippen LogP contribution in [-0.2, 0) is 11.2 Å². The van der Waals surface area contributed by atoms with E-state index in [1.54, 1.807) is 35.0 Å². The first-order valence-electron chi connectivity index (χ1n) is 8.66. The lowest BCUT2D eigenvalue weighted by atomic mass is 10.0. The van der Waals surface area contributed by atoms with E-state index in [0.717, 1.165) is 22.6 Å². The predicted molar refractivity (Wildman–Crippen MR) is 102 cm³/mol. The summed E-state index contributed by atoms with van der Waals surface area (Å²) in [7, 11) is 0. The number of carbonyl (C=O) groups is 2. The van der Waals surface area contributed by atoms with Gasteiger partial charge < -0.3 is 10.4 Å². The summed E-state index contributed by atoms with van der Waals surface area (Å²) in [6.07, 6.45) is 0.165. The Morgan fingerprint density at radius 2 is 1.63 bits per heavy atom. The van der Waals surface area contributed by atoms with Gasteiger partial charge in [0.1, 0.15) is 6.04 Å². The molecule has 2 N–H and O–H groups in total. The summed E-state index contributed by atoms with van der Waals surface area (Å²) in [5.74, 6) is -1.49. The zero-order valence-electron chi connectivity index (χ0n) is 15.2. The number of carboxylic acids is 1. The number of rotatable bonds is 6. The Morgan fingerprint density at radius 1 is 1.04 bits per heavy atom. The normalized spacial score (nSPS) is 11.8. The molecule has 3 rings (SSSR count). The molecule has 0 aliphatic heterocycles. The van der Waals surface area contributed by atoms with Gasteiger partial charge in [-0.25, -0.2) is 9.48 Å². The second kappa shape index (κ2) is 7.86. The van der Waals surface area contributed by atoms with Gasteiger partial charge in [0.25, 0.3) is 5.91 Å². The predicted octanol–water partition coefficient (Wildman–Crippen LogP) is 2.91. The van der Waals surface area contributed by atoms with Crippen LogP contribution in [-0.4, -0.2) is 32.8 Å². The van der Waals surface area contributed by atoms with Crippen LogP contribution in [0.4, 0.5) is 0 Å². The molecule has 0 saturated carbocycles. The fraction of sp³-hybridized carbons (Fsp3) is 0.190. The van der Waals surface area contributed by atoms with Crippen LogP contribution in [0.1, 0.15) is 27.3 Å². The molecule has 1 atom stereocenters. The molecule has 0 fully saturated rings. The van der Waals surface area contributed by atoms with Crippen LogP contribution in [0.2, 0.25) is 0 Å². The fourth-order valence-corrected chi connectivity index (χ4v) is 3.03. The monoisotopic (exact) mass is 363 g/mol. The second-order valence-electron chi connectivity index (χ2n) is 6.33. The highest BCUT2D eigenvalue weighted by molar-refractivity contribution is 5.96. The Balaban J connectivity index is 1.84. The zero-order chi connectivity index (χ0) is 19.4. The van der Waals surface area contributed by atoms with Crippen molar-refractivity contribution in [3.63, 3.8) is 0 Å². The maximum atomic E-state index is 12.4. The molecule has 3 aromatic rings. The van der Waals surface area contributed by atoms with Crippen molar-refractivity contribution in [3.05, 3.63) is 83.2 Å². The van der Waals surface area contributed by atoms with Gasteiger partial charge in [-0.2, -0.15) is 5.10 Å². The maximum Gasteiger partial charge on any atom is 0.326 e. The molecule has 0 radical (unpaired) electrons. The van der Waals surface area contributed by atoms with Crippen molar-refractivity contribution in [2.24, 2.45) is 0 Å². The van der Waals surface area contributed by atoms with Gasteiger partial charge in [0.2, 0.25) is 0 Å². The van der Waals surface area contributed by atoms with E-state index in [4.69, 9.17) is 0 Å². The molecule has 0 saturated heterocycles. The number of carbonyl (C=O) groups excluding carboxylic acids is 1. The summed E-state index contributed by atoms with van der Waals surface area (Å²) in [6.45, 7) is 3.75. The lowest BCUT2D eigenvalue weighted by Gasteiger charge is -2.15. The molecule has 138 valence electrons. The first kappa shape index (κ1) is 18.4. The van der Waals surface area contributed by atoms with Crippen LogP contribution in [0.5, 0.6) is 0 Å². The van der Waals surface area contributed by atoms with E-state index in [2.05, 4.69) is 10.4 Å². The summed E-state index contributed by atoms with van der Waals surface area (Å²) >= 11 is 0. The first-order valence-corrected chi connectivity index (χ1v) is 8.66. The Labute approximate surface area is 157 Å². The summed E-state index contributed by atoms with van der Waals surface area (Å²) in [4.78, 5) is 24.1. The summed E-state index contributed by atoms with van der Waals surface area (Å²) in [5, 5.41) is 16.7. The number of aliphatic carboxylic acids is 1. The second-order valence-corrected chi connectivity index (χ2v) is 6.33. The molecule has 0 bridgehead atoms. The highest BCUT2D eigenvalue weighted by Gasteiger charge is 2.24.